The molecule has 2 amide bonds. The van der Waals surface area contributed by atoms with Crippen LogP contribution in [0.3, 0.4) is 0 Å². The number of rotatable bonds is 4. The van der Waals surface area contributed by atoms with Gasteiger partial charge in [0.15, 0.2) is 0 Å². The number of aromatic amines is 1. The molecule has 1 atom stereocenters. The number of hydrogen-bond donors (Lipinski definition) is 2. The number of urea groups is 1. The minimum atomic E-state index is -0.0584. The molecule has 0 spiro atoms. The minimum absolute atomic E-state index is 0.0584. The molecule has 2 aromatic carbocycles. The van der Waals surface area contributed by atoms with Gasteiger partial charge in [-0.15, -0.1) is 0 Å². The summed E-state index contributed by atoms with van der Waals surface area (Å²) in [6, 6.07) is 14.5. The van der Waals surface area contributed by atoms with Gasteiger partial charge in [0.25, 0.3) is 0 Å². The summed E-state index contributed by atoms with van der Waals surface area (Å²) in [5, 5.41) is 11.1. The number of H-pyrrole nitrogens is 1. The lowest BCUT2D eigenvalue weighted by Crippen LogP contribution is -2.34. The second-order valence-electron chi connectivity index (χ2n) is 7.40. The lowest BCUT2D eigenvalue weighted by Gasteiger charge is -2.25. The number of carbonyl (C=O) groups excluding carboxylic acids is 1. The van der Waals surface area contributed by atoms with Crippen molar-refractivity contribution in [2.75, 3.05) is 26.0 Å². The first-order valence-electron chi connectivity index (χ1n) is 9.35. The highest BCUT2D eigenvalue weighted by molar-refractivity contribution is 5.99. The van der Waals surface area contributed by atoms with Gasteiger partial charge in [0, 0.05) is 18.5 Å². The summed E-state index contributed by atoms with van der Waals surface area (Å²) in [7, 11) is 4.13. The second-order valence-corrected chi connectivity index (χ2v) is 7.40. The number of benzene rings is 2. The van der Waals surface area contributed by atoms with Crippen LogP contribution < -0.4 is 5.32 Å². The number of hydrogen-bond acceptors (Lipinski definition) is 3. The number of para-hydroxylation sites is 1. The molecule has 6 heteroatoms. The molecule has 1 aliphatic heterocycles. The number of carbonyl (C=O) groups is 1. The lowest BCUT2D eigenvalue weighted by molar-refractivity contribution is 0.207. The smallest absolute Gasteiger partial charge is 0.317 e. The number of nitrogens with zero attached hydrogens (tertiary/aromatic N) is 3. The molecule has 27 heavy (non-hydrogen) atoms. The van der Waals surface area contributed by atoms with Gasteiger partial charge < -0.3 is 15.1 Å². The van der Waals surface area contributed by atoms with E-state index >= 15 is 0 Å². The van der Waals surface area contributed by atoms with Crippen molar-refractivity contribution in [3.63, 3.8) is 0 Å². The molecule has 0 radical (unpaired) electrons. The Morgan fingerprint density at radius 3 is 2.85 bits per heavy atom. The highest BCUT2D eigenvalue weighted by atomic mass is 16.2. The first-order valence-corrected chi connectivity index (χ1v) is 9.35. The number of aromatic nitrogens is 2. The highest BCUT2D eigenvalue weighted by Gasteiger charge is 2.30. The van der Waals surface area contributed by atoms with Crippen molar-refractivity contribution < 1.29 is 4.79 Å². The second kappa shape index (κ2) is 7.40. The zero-order valence-corrected chi connectivity index (χ0v) is 15.8. The summed E-state index contributed by atoms with van der Waals surface area (Å²) in [6.45, 7) is 1.69. The van der Waals surface area contributed by atoms with E-state index in [1.165, 1.54) is 11.1 Å². The molecule has 2 N–H and O–H groups in total. The van der Waals surface area contributed by atoms with E-state index in [4.69, 9.17) is 0 Å². The van der Waals surface area contributed by atoms with E-state index in [1.54, 1.807) is 6.20 Å². The third-order valence-corrected chi connectivity index (χ3v) is 5.10. The van der Waals surface area contributed by atoms with Gasteiger partial charge in [-0.05, 0) is 44.1 Å². The van der Waals surface area contributed by atoms with Gasteiger partial charge >= 0.3 is 6.03 Å². The Labute approximate surface area is 159 Å². The number of amides is 2. The normalized spacial score (nSPS) is 17.0. The molecule has 140 valence electrons. The Kier molecular flexibility index (Phi) is 4.81. The fraction of sp³-hybridized carbons (Fsp3) is 0.333. The third kappa shape index (κ3) is 3.66. The molecule has 0 bridgehead atoms. The molecule has 1 aliphatic rings. The maximum absolute atomic E-state index is 13.0. The summed E-state index contributed by atoms with van der Waals surface area (Å²) in [6.07, 6.45) is 3.78. The Morgan fingerprint density at radius 2 is 2.07 bits per heavy atom. The van der Waals surface area contributed by atoms with E-state index < -0.39 is 0 Å². The van der Waals surface area contributed by atoms with E-state index in [2.05, 4.69) is 58.8 Å². The zero-order valence-electron chi connectivity index (χ0n) is 15.8. The van der Waals surface area contributed by atoms with Crippen molar-refractivity contribution in [3.8, 4) is 0 Å². The van der Waals surface area contributed by atoms with Crippen LogP contribution in [-0.4, -0.2) is 46.7 Å². The van der Waals surface area contributed by atoms with Gasteiger partial charge in [0.1, 0.15) is 0 Å². The number of anilines is 1. The van der Waals surface area contributed by atoms with Crippen LogP contribution >= 0.6 is 0 Å². The van der Waals surface area contributed by atoms with Gasteiger partial charge in [-0.25, -0.2) is 4.79 Å². The Morgan fingerprint density at radius 1 is 1.26 bits per heavy atom. The van der Waals surface area contributed by atoms with Crippen molar-refractivity contribution in [2.45, 2.75) is 25.4 Å². The topological polar surface area (TPSA) is 64.3 Å². The van der Waals surface area contributed by atoms with E-state index in [-0.39, 0.29) is 12.1 Å². The fourth-order valence-corrected chi connectivity index (χ4v) is 3.83. The summed E-state index contributed by atoms with van der Waals surface area (Å²) in [5.74, 6) is 0. The average molecular weight is 363 g/mol. The molecule has 3 aromatic rings. The quantitative estimate of drug-likeness (QED) is 0.736. The molecule has 1 aromatic heterocycles. The number of fused-ring (bicyclic) bond motifs is 1. The van der Waals surface area contributed by atoms with Gasteiger partial charge in [-0.1, -0.05) is 36.4 Å². The van der Waals surface area contributed by atoms with Gasteiger partial charge in [-0.3, -0.25) is 5.10 Å². The van der Waals surface area contributed by atoms with Crippen LogP contribution in [0.5, 0.6) is 0 Å². The molecule has 0 saturated carbocycles. The standard InChI is InChI=1S/C21H25N5O/c1-25(2)14-15-8-10-16(11-9-15)19-7-4-12-26(19)21(27)23-18-6-3-5-17-13-22-24-20(17)18/h3,5-6,8-11,13,19H,4,7,12,14H2,1-2H3,(H,22,24)(H,23,27)/t19-/m0/s1. The molecular weight excluding hydrogens is 338 g/mol. The zero-order chi connectivity index (χ0) is 18.8. The maximum atomic E-state index is 13.0. The number of likely N-dealkylation sites (tertiary alicyclic amines) is 1. The molecular formula is C21H25N5O. The predicted octanol–water partition coefficient (Wildman–Crippen LogP) is 3.99. The van der Waals surface area contributed by atoms with Crippen LogP contribution in [0.25, 0.3) is 10.9 Å². The van der Waals surface area contributed by atoms with Gasteiger partial charge in [0.05, 0.1) is 23.4 Å². The number of nitrogens with one attached hydrogen (secondary N) is 2. The van der Waals surface area contributed by atoms with Gasteiger partial charge in [0.2, 0.25) is 0 Å². The summed E-state index contributed by atoms with van der Waals surface area (Å²) in [4.78, 5) is 17.0. The first kappa shape index (κ1) is 17.5. The predicted molar refractivity (Wildman–Crippen MR) is 108 cm³/mol. The van der Waals surface area contributed by atoms with Crippen LogP contribution in [0.4, 0.5) is 10.5 Å². The van der Waals surface area contributed by atoms with Crippen LogP contribution in [0.2, 0.25) is 0 Å². The third-order valence-electron chi connectivity index (χ3n) is 5.10. The van der Waals surface area contributed by atoms with Gasteiger partial charge in [-0.2, -0.15) is 5.10 Å². The molecule has 1 fully saturated rings. The van der Waals surface area contributed by atoms with E-state index in [9.17, 15) is 4.79 Å². The molecule has 1 saturated heterocycles. The largest absolute Gasteiger partial charge is 0.322 e. The SMILES string of the molecule is CN(C)Cc1ccc([C@@H]2CCCN2C(=O)Nc2cccc3cn[nH]c23)cc1. The van der Waals surface area contributed by atoms with Crippen LogP contribution in [-0.2, 0) is 6.54 Å². The Balaban J connectivity index is 1.50. The summed E-state index contributed by atoms with van der Waals surface area (Å²) >= 11 is 0. The Bertz CT molecular complexity index is 931. The summed E-state index contributed by atoms with van der Waals surface area (Å²) < 4.78 is 0. The first-order chi connectivity index (χ1) is 13.1. The van der Waals surface area contributed by atoms with Crippen LogP contribution in [0.1, 0.15) is 30.0 Å². The van der Waals surface area contributed by atoms with E-state index in [0.717, 1.165) is 42.5 Å². The summed E-state index contributed by atoms with van der Waals surface area (Å²) in [5.41, 5.74) is 4.10. The van der Waals surface area contributed by atoms with Crippen LogP contribution in [0, 0.1) is 0 Å². The fourth-order valence-electron chi connectivity index (χ4n) is 3.83. The Hall–Kier alpha value is -2.86. The van der Waals surface area contributed by atoms with Crippen molar-refractivity contribution in [3.05, 3.63) is 59.8 Å². The van der Waals surface area contributed by atoms with Crippen molar-refractivity contribution in [1.29, 1.82) is 0 Å². The van der Waals surface area contributed by atoms with Crippen molar-refractivity contribution in [1.82, 2.24) is 20.0 Å². The lowest BCUT2D eigenvalue weighted by atomic mass is 10.0. The van der Waals surface area contributed by atoms with Crippen LogP contribution in [0.15, 0.2) is 48.7 Å². The average Bonchev–Trinajstić information content (AvgIpc) is 3.32. The molecule has 4 rings (SSSR count). The molecule has 0 aliphatic carbocycles. The molecule has 2 heterocycles. The van der Waals surface area contributed by atoms with E-state index in [1.807, 2.05) is 23.1 Å². The molecule has 6 nitrogen and oxygen atoms in total. The maximum Gasteiger partial charge on any atom is 0.322 e. The molecule has 0 unspecified atom stereocenters. The highest BCUT2D eigenvalue weighted by Crippen LogP contribution is 2.33. The van der Waals surface area contributed by atoms with Crippen molar-refractivity contribution in [2.24, 2.45) is 0 Å². The van der Waals surface area contributed by atoms with E-state index in [0.29, 0.717) is 0 Å². The minimum Gasteiger partial charge on any atom is -0.317 e. The monoisotopic (exact) mass is 363 g/mol. The van der Waals surface area contributed by atoms with Crippen molar-refractivity contribution >= 4 is 22.6 Å².